The van der Waals surface area contributed by atoms with E-state index >= 15 is 0 Å². The van der Waals surface area contributed by atoms with Gasteiger partial charge in [0, 0.05) is 28.0 Å². The number of benzene rings is 3. The average molecular weight is 817 g/mol. The number of carbonyl (C=O) groups excluding carboxylic acids is 4. The van der Waals surface area contributed by atoms with Crippen molar-refractivity contribution >= 4 is 23.6 Å². The van der Waals surface area contributed by atoms with Crippen LogP contribution >= 0.6 is 0 Å². The molecule has 0 unspecified atom stereocenters. The fourth-order valence-electron chi connectivity index (χ4n) is 2.39. The summed E-state index contributed by atoms with van der Waals surface area (Å²) in [6, 6.07) is 30.5. The quantitative estimate of drug-likeness (QED) is 0.0707. The van der Waals surface area contributed by atoms with E-state index in [4.69, 9.17) is 15.6 Å². The molecule has 58 heavy (non-hydrogen) atoms. The van der Waals surface area contributed by atoms with Crippen molar-refractivity contribution in [3.8, 4) is 0 Å². The summed E-state index contributed by atoms with van der Waals surface area (Å²) >= 11 is 0. The summed E-state index contributed by atoms with van der Waals surface area (Å²) in [4.78, 5) is 54.1. The minimum Gasteiger partial charge on any atom is -0.265 e. The van der Waals surface area contributed by atoms with Crippen molar-refractivity contribution in [1.82, 2.24) is 0 Å². The first-order valence-electron chi connectivity index (χ1n) is 17.8. The zero-order chi connectivity index (χ0) is 43.8. The minimum atomic E-state index is -0.500. The molecule has 0 fully saturated rings. The smallest absolute Gasteiger partial charge is 0.265 e. The Balaban J connectivity index is -0.0000000491. The highest BCUT2D eigenvalue weighted by Gasteiger charge is 2.20. The average Bonchev–Trinajstić information content (AvgIpc) is 3.26. The number of carbonyl (C=O) groups is 4. The number of amides is 4. The van der Waals surface area contributed by atoms with E-state index in [9.17, 15) is 19.2 Å². The summed E-state index contributed by atoms with van der Waals surface area (Å²) < 4.78 is 0. The molecule has 2 heterocycles. The van der Waals surface area contributed by atoms with Crippen LogP contribution in [0, 0.1) is 10.1 Å². The third kappa shape index (κ3) is 52.1. The number of nitrogens with zero attached hydrogens (tertiary/aromatic N) is 8. The molecular formula is C44H80N8O6. The van der Waals surface area contributed by atoms with Gasteiger partial charge in [0.15, 0.2) is 7.05 Å². The maximum Gasteiger partial charge on any atom is 0.296 e. The topological polar surface area (TPSA) is 210 Å². The highest BCUT2D eigenvalue weighted by atomic mass is 16.6. The van der Waals surface area contributed by atoms with Crippen LogP contribution in [0.5, 0.6) is 0 Å². The maximum absolute atomic E-state index is 11.0. The molecule has 0 radical (unpaired) electrons. The van der Waals surface area contributed by atoms with Gasteiger partial charge < -0.3 is 0 Å². The molecule has 0 N–H and O–H groups in total. The Morgan fingerprint density at radius 1 is 0.483 bits per heavy atom. The second-order valence-electron chi connectivity index (χ2n) is 7.45. The normalized spacial score (nSPS) is 9.24. The van der Waals surface area contributed by atoms with Crippen molar-refractivity contribution in [3.05, 3.63) is 140 Å². The fraction of sp³-hybridized carbons (Fsp3) is 0.455. The van der Waals surface area contributed by atoms with Gasteiger partial charge in [0.05, 0.1) is 11.1 Å². The van der Waals surface area contributed by atoms with Crippen molar-refractivity contribution in [3.63, 3.8) is 0 Å². The second kappa shape index (κ2) is 68.9. The summed E-state index contributed by atoms with van der Waals surface area (Å²) in [6.45, 7) is 27.1. The van der Waals surface area contributed by atoms with Gasteiger partial charge in [-0.05, 0) is 31.5 Å². The molecule has 0 aromatic heterocycles. The van der Waals surface area contributed by atoms with Crippen LogP contribution in [0.15, 0.2) is 134 Å². The van der Waals surface area contributed by atoms with E-state index in [0.29, 0.717) is 22.3 Å². The molecule has 0 aliphatic carbocycles. The maximum atomic E-state index is 11.0. The number of nitro groups is 1. The Labute approximate surface area is 353 Å². The van der Waals surface area contributed by atoms with E-state index in [1.807, 2.05) is 156 Å². The van der Waals surface area contributed by atoms with Crippen LogP contribution in [-0.2, 0) is 9.59 Å². The number of fused-ring (bicyclic) bond motifs is 1. The first-order valence-corrected chi connectivity index (χ1v) is 17.8. The first kappa shape index (κ1) is 80.5. The van der Waals surface area contributed by atoms with E-state index in [-0.39, 0.29) is 29.7 Å². The molecule has 332 valence electrons. The zero-order valence-electron chi connectivity index (χ0n) is 35.3. The van der Waals surface area contributed by atoms with Crippen LogP contribution in [0.1, 0.15) is 147 Å². The standard InChI is InChI=1S/C8H4N2O2.C6H6N2O2.2C6H6.6C2H6.CH3N3.CH3NO2.4CH4/c11-7-5-3-1-2-4-6(5)8(12)10-9-7;1-3-4(2)6(10)8-7-5(3)9;2*1-2-4-6-5-3-1;6*1-2;1-3-4-2;1-2(3)4;;;;/h1-4H;1-2H3;2*1-6H;6*1-2H3;2*1H3;4*1H4. The number of rotatable bonds is 0. The molecule has 0 saturated heterocycles. The number of azo groups is 2. The third-order valence-corrected chi connectivity index (χ3v) is 4.48. The Bertz CT molecular complexity index is 1320. The molecule has 0 spiro atoms. The molecule has 2 aliphatic heterocycles. The van der Waals surface area contributed by atoms with E-state index in [0.717, 1.165) is 7.05 Å². The molecule has 2 aliphatic rings. The molecule has 14 heteroatoms. The zero-order valence-corrected chi connectivity index (χ0v) is 35.3. The van der Waals surface area contributed by atoms with Crippen LogP contribution in [0.4, 0.5) is 0 Å². The number of hydrogen-bond donors (Lipinski definition) is 0. The van der Waals surface area contributed by atoms with Crippen molar-refractivity contribution < 1.29 is 24.1 Å². The van der Waals surface area contributed by atoms with Gasteiger partial charge in [-0.1, -0.05) is 203 Å². The Morgan fingerprint density at radius 2 is 0.638 bits per heavy atom. The summed E-state index contributed by atoms with van der Waals surface area (Å²) in [5.41, 5.74) is 8.77. The monoisotopic (exact) mass is 817 g/mol. The summed E-state index contributed by atoms with van der Waals surface area (Å²) in [5.74, 6) is -1.75. The van der Waals surface area contributed by atoms with E-state index < -0.39 is 28.6 Å². The molecule has 14 nitrogen and oxygen atoms in total. The predicted octanol–water partition coefficient (Wildman–Crippen LogP) is 15.2. The predicted molar refractivity (Wildman–Crippen MR) is 249 cm³/mol. The lowest BCUT2D eigenvalue weighted by Gasteiger charge is -2.04. The van der Waals surface area contributed by atoms with Crippen molar-refractivity contribution in [2.45, 2.75) is 127 Å². The van der Waals surface area contributed by atoms with Gasteiger partial charge in [0.1, 0.15) is 0 Å². The van der Waals surface area contributed by atoms with Gasteiger partial charge in [-0.15, -0.1) is 20.5 Å². The highest BCUT2D eigenvalue weighted by molar-refractivity contribution is 6.10. The molecular weight excluding hydrogens is 737 g/mol. The van der Waals surface area contributed by atoms with Crippen LogP contribution in [0.3, 0.4) is 0 Å². The Morgan fingerprint density at radius 3 is 0.793 bits per heavy atom. The molecule has 0 saturated carbocycles. The molecule has 3 aromatic carbocycles. The summed E-state index contributed by atoms with van der Waals surface area (Å²) in [5, 5.41) is 24.3. The second-order valence-corrected chi connectivity index (χ2v) is 7.45. The van der Waals surface area contributed by atoms with E-state index in [2.05, 4.69) is 30.5 Å². The van der Waals surface area contributed by atoms with Gasteiger partial charge in [-0.25, -0.2) is 0 Å². The van der Waals surface area contributed by atoms with Crippen LogP contribution in [0.2, 0.25) is 0 Å². The summed E-state index contributed by atoms with van der Waals surface area (Å²) in [6.07, 6.45) is 0. The van der Waals surface area contributed by atoms with E-state index in [1.165, 1.54) is 7.05 Å². The van der Waals surface area contributed by atoms with Crippen molar-refractivity contribution in [2.24, 2.45) is 25.6 Å². The minimum absolute atomic E-state index is 0. The van der Waals surface area contributed by atoms with Crippen molar-refractivity contribution in [2.75, 3.05) is 14.1 Å². The molecule has 5 rings (SSSR count). The van der Waals surface area contributed by atoms with Crippen LogP contribution in [-0.4, -0.2) is 42.6 Å². The molecule has 4 amide bonds. The first-order chi connectivity index (χ1) is 26.1. The Hall–Kier alpha value is -6.01. The Kier molecular flexibility index (Phi) is 95.6. The van der Waals surface area contributed by atoms with Gasteiger partial charge in [0.25, 0.3) is 23.6 Å². The lowest BCUT2D eigenvalue weighted by atomic mass is 10.1. The largest absolute Gasteiger partial charge is 0.296 e. The fourth-order valence-corrected chi connectivity index (χ4v) is 2.39. The third-order valence-electron chi connectivity index (χ3n) is 4.48. The molecule has 0 bridgehead atoms. The number of azide groups is 1. The lowest BCUT2D eigenvalue weighted by Crippen LogP contribution is -2.10. The summed E-state index contributed by atoms with van der Waals surface area (Å²) in [7, 11) is 2.28. The SMILES string of the molecule is C.C.C.C.CC.CC.CC.CC.CC.CC.CC1=C(C)C(=O)N=NC1=O.CN=[N+]=[N-].C[N+](=O)[O-].O=C1N=NC(=O)c2ccccc21.c1ccccc1.c1ccccc1. The van der Waals surface area contributed by atoms with E-state index in [1.54, 1.807) is 38.1 Å². The van der Waals surface area contributed by atoms with Gasteiger partial charge >= 0.3 is 0 Å². The van der Waals surface area contributed by atoms with Gasteiger partial charge in [-0.2, -0.15) is 0 Å². The molecule has 0 atom stereocenters. The highest BCUT2D eigenvalue weighted by Crippen LogP contribution is 2.16. The lowest BCUT2D eigenvalue weighted by molar-refractivity contribution is -0.445. The van der Waals surface area contributed by atoms with Gasteiger partial charge in [0.2, 0.25) is 0 Å². The van der Waals surface area contributed by atoms with Crippen molar-refractivity contribution in [1.29, 1.82) is 0 Å². The molecule has 3 aromatic rings. The van der Waals surface area contributed by atoms with Crippen LogP contribution in [0.25, 0.3) is 10.4 Å². The van der Waals surface area contributed by atoms with Crippen LogP contribution < -0.4 is 0 Å². The number of hydrogen-bond acceptors (Lipinski definition) is 7. The van der Waals surface area contributed by atoms with Gasteiger partial charge in [-0.3, -0.25) is 29.3 Å².